The molecule has 1 amide bonds. The molecule has 2 aromatic rings. The molecule has 0 aliphatic heterocycles. The first-order chi connectivity index (χ1) is 10.4. The van der Waals surface area contributed by atoms with Gasteiger partial charge in [0, 0.05) is 13.0 Å². The third-order valence-corrected chi connectivity index (χ3v) is 3.31. The van der Waals surface area contributed by atoms with Gasteiger partial charge in [-0.05, 0) is 17.7 Å². The summed E-state index contributed by atoms with van der Waals surface area (Å²) in [5.41, 5.74) is 0.414. The number of benzene rings is 1. The molecule has 0 saturated heterocycles. The SMILES string of the molecule is CC(C)c1nnc(CNC(=O)Cc2ccc(F)c(F)c2)n1C. The first kappa shape index (κ1) is 16.1. The molecule has 0 bridgehead atoms. The zero-order valence-corrected chi connectivity index (χ0v) is 12.7. The highest BCUT2D eigenvalue weighted by Crippen LogP contribution is 2.12. The molecule has 0 radical (unpaired) electrons. The normalized spacial score (nSPS) is 11.0. The first-order valence-corrected chi connectivity index (χ1v) is 6.97. The number of rotatable bonds is 5. The van der Waals surface area contributed by atoms with Crippen molar-refractivity contribution in [2.75, 3.05) is 0 Å². The van der Waals surface area contributed by atoms with E-state index in [1.54, 1.807) is 0 Å². The Morgan fingerprint density at radius 2 is 2.00 bits per heavy atom. The van der Waals surface area contributed by atoms with Gasteiger partial charge in [0.1, 0.15) is 5.82 Å². The van der Waals surface area contributed by atoms with E-state index in [0.29, 0.717) is 11.4 Å². The van der Waals surface area contributed by atoms with Crippen LogP contribution < -0.4 is 5.32 Å². The van der Waals surface area contributed by atoms with Gasteiger partial charge in [-0.25, -0.2) is 8.78 Å². The first-order valence-electron chi connectivity index (χ1n) is 6.97. The summed E-state index contributed by atoms with van der Waals surface area (Å²) >= 11 is 0. The standard InChI is InChI=1S/C15H18F2N4O/c1-9(2)15-20-19-13(21(15)3)8-18-14(22)7-10-4-5-11(16)12(17)6-10/h4-6,9H,7-8H2,1-3H3,(H,18,22). The molecule has 5 nitrogen and oxygen atoms in total. The number of aromatic nitrogens is 3. The largest absolute Gasteiger partial charge is 0.349 e. The second-order valence-corrected chi connectivity index (χ2v) is 5.39. The van der Waals surface area contributed by atoms with Crippen molar-refractivity contribution in [3.05, 3.63) is 47.0 Å². The van der Waals surface area contributed by atoms with Crippen LogP contribution in [0.5, 0.6) is 0 Å². The zero-order valence-electron chi connectivity index (χ0n) is 12.7. The van der Waals surface area contributed by atoms with Crippen LogP contribution in [0.4, 0.5) is 8.78 Å². The highest BCUT2D eigenvalue weighted by atomic mass is 19.2. The maximum atomic E-state index is 13.1. The smallest absolute Gasteiger partial charge is 0.224 e. The Bertz CT molecular complexity index is 682. The van der Waals surface area contributed by atoms with Gasteiger partial charge in [0.25, 0.3) is 0 Å². The van der Waals surface area contributed by atoms with Crippen molar-refractivity contribution in [1.29, 1.82) is 0 Å². The average Bonchev–Trinajstić information content (AvgIpc) is 2.82. The average molecular weight is 308 g/mol. The van der Waals surface area contributed by atoms with E-state index >= 15 is 0 Å². The minimum Gasteiger partial charge on any atom is -0.349 e. The number of hydrogen-bond donors (Lipinski definition) is 1. The number of hydrogen-bond acceptors (Lipinski definition) is 3. The summed E-state index contributed by atoms with van der Waals surface area (Å²) in [6.07, 6.45) is -0.0217. The molecule has 0 aliphatic carbocycles. The molecule has 0 saturated carbocycles. The molecule has 0 atom stereocenters. The van der Waals surface area contributed by atoms with Gasteiger partial charge >= 0.3 is 0 Å². The van der Waals surface area contributed by atoms with Gasteiger partial charge in [-0.1, -0.05) is 19.9 Å². The van der Waals surface area contributed by atoms with E-state index in [0.717, 1.165) is 18.0 Å². The minimum atomic E-state index is -0.958. The highest BCUT2D eigenvalue weighted by molar-refractivity contribution is 5.78. The van der Waals surface area contributed by atoms with Crippen LogP contribution >= 0.6 is 0 Å². The van der Waals surface area contributed by atoms with Gasteiger partial charge in [-0.2, -0.15) is 0 Å². The van der Waals surface area contributed by atoms with E-state index in [-0.39, 0.29) is 24.8 Å². The Morgan fingerprint density at radius 1 is 1.27 bits per heavy atom. The highest BCUT2D eigenvalue weighted by Gasteiger charge is 2.13. The van der Waals surface area contributed by atoms with E-state index in [1.165, 1.54) is 6.07 Å². The summed E-state index contributed by atoms with van der Waals surface area (Å²) in [7, 11) is 1.84. The summed E-state index contributed by atoms with van der Waals surface area (Å²) < 4.78 is 27.7. The second-order valence-electron chi connectivity index (χ2n) is 5.39. The van der Waals surface area contributed by atoms with Crippen LogP contribution in [0.25, 0.3) is 0 Å². The molecule has 22 heavy (non-hydrogen) atoms. The maximum absolute atomic E-state index is 13.1. The topological polar surface area (TPSA) is 59.8 Å². The lowest BCUT2D eigenvalue weighted by Crippen LogP contribution is -2.26. The predicted molar refractivity (Wildman–Crippen MR) is 77.0 cm³/mol. The molecule has 1 aromatic carbocycles. The van der Waals surface area contributed by atoms with Crippen molar-refractivity contribution in [2.24, 2.45) is 7.05 Å². The van der Waals surface area contributed by atoms with Crippen molar-refractivity contribution in [1.82, 2.24) is 20.1 Å². The number of halogens is 2. The lowest BCUT2D eigenvalue weighted by Gasteiger charge is -2.07. The van der Waals surface area contributed by atoms with Crippen LogP contribution in [0, 0.1) is 11.6 Å². The Hall–Kier alpha value is -2.31. The summed E-state index contributed by atoms with van der Waals surface area (Å²) in [6, 6.07) is 3.42. The quantitative estimate of drug-likeness (QED) is 0.920. The van der Waals surface area contributed by atoms with E-state index in [4.69, 9.17) is 0 Å². The van der Waals surface area contributed by atoms with Gasteiger partial charge in [0.15, 0.2) is 17.5 Å². The summed E-state index contributed by atoms with van der Waals surface area (Å²) in [6.45, 7) is 4.25. The molecule has 2 rings (SSSR count). The number of amides is 1. The third-order valence-electron chi connectivity index (χ3n) is 3.31. The number of nitrogens with one attached hydrogen (secondary N) is 1. The monoisotopic (exact) mass is 308 g/mol. The Labute approximate surface area is 127 Å². The van der Waals surface area contributed by atoms with Crippen molar-refractivity contribution in [3.63, 3.8) is 0 Å². The number of carbonyl (C=O) groups is 1. The fraction of sp³-hybridized carbons (Fsp3) is 0.400. The van der Waals surface area contributed by atoms with Crippen molar-refractivity contribution in [3.8, 4) is 0 Å². The minimum absolute atomic E-state index is 0.0217. The van der Waals surface area contributed by atoms with Crippen molar-refractivity contribution < 1.29 is 13.6 Å². The molecule has 7 heteroatoms. The second kappa shape index (κ2) is 6.64. The van der Waals surface area contributed by atoms with Crippen LogP contribution in [0.1, 0.15) is 37.0 Å². The molecule has 1 N–H and O–H groups in total. The number of nitrogens with zero attached hydrogens (tertiary/aromatic N) is 3. The van der Waals surface area contributed by atoms with Gasteiger partial charge in [-0.3, -0.25) is 4.79 Å². The van der Waals surface area contributed by atoms with Crippen LogP contribution in [-0.4, -0.2) is 20.7 Å². The van der Waals surface area contributed by atoms with Crippen LogP contribution in [-0.2, 0) is 24.8 Å². The number of carbonyl (C=O) groups excluding carboxylic acids is 1. The lowest BCUT2D eigenvalue weighted by atomic mass is 10.1. The Kier molecular flexibility index (Phi) is 4.85. The molecule has 118 valence electrons. The molecular formula is C15H18F2N4O. The summed E-state index contributed by atoms with van der Waals surface area (Å²) in [4.78, 5) is 11.8. The summed E-state index contributed by atoms with van der Waals surface area (Å²) in [5.74, 6) is -0.457. The van der Waals surface area contributed by atoms with E-state index < -0.39 is 11.6 Å². The van der Waals surface area contributed by atoms with Crippen LogP contribution in [0.15, 0.2) is 18.2 Å². The predicted octanol–water partition coefficient (Wildman–Crippen LogP) is 2.08. The summed E-state index contributed by atoms with van der Waals surface area (Å²) in [5, 5.41) is 10.8. The van der Waals surface area contributed by atoms with E-state index in [9.17, 15) is 13.6 Å². The Balaban J connectivity index is 1.94. The van der Waals surface area contributed by atoms with Gasteiger partial charge < -0.3 is 9.88 Å². The van der Waals surface area contributed by atoms with Gasteiger partial charge in [0.05, 0.1) is 13.0 Å². The van der Waals surface area contributed by atoms with E-state index in [2.05, 4.69) is 15.5 Å². The molecule has 1 aromatic heterocycles. The van der Waals surface area contributed by atoms with Crippen LogP contribution in [0.2, 0.25) is 0 Å². The lowest BCUT2D eigenvalue weighted by molar-refractivity contribution is -0.120. The third kappa shape index (κ3) is 3.66. The molecule has 0 unspecified atom stereocenters. The van der Waals surface area contributed by atoms with Crippen molar-refractivity contribution >= 4 is 5.91 Å². The molecule has 0 spiro atoms. The molecular weight excluding hydrogens is 290 g/mol. The maximum Gasteiger partial charge on any atom is 0.224 e. The van der Waals surface area contributed by atoms with Crippen molar-refractivity contribution in [2.45, 2.75) is 32.7 Å². The van der Waals surface area contributed by atoms with Gasteiger partial charge in [0.2, 0.25) is 5.91 Å². The molecule has 0 fully saturated rings. The van der Waals surface area contributed by atoms with Gasteiger partial charge in [-0.15, -0.1) is 10.2 Å². The zero-order chi connectivity index (χ0) is 16.3. The fourth-order valence-electron chi connectivity index (χ4n) is 2.11. The van der Waals surface area contributed by atoms with Crippen LogP contribution in [0.3, 0.4) is 0 Å². The van der Waals surface area contributed by atoms with E-state index in [1.807, 2.05) is 25.5 Å². The Morgan fingerprint density at radius 3 is 2.59 bits per heavy atom. The molecule has 0 aliphatic rings. The fourth-order valence-corrected chi connectivity index (χ4v) is 2.11. The molecule has 1 heterocycles.